The summed E-state index contributed by atoms with van der Waals surface area (Å²) in [6, 6.07) is 7.73. The first-order valence-corrected chi connectivity index (χ1v) is 6.15. The quantitative estimate of drug-likeness (QED) is 0.878. The van der Waals surface area contributed by atoms with Crippen molar-refractivity contribution in [3.8, 4) is 11.6 Å². The average molecular weight is 327 g/mol. The number of hydrogen-bond acceptors (Lipinski definition) is 3. The second-order valence-corrected chi connectivity index (χ2v) is 4.72. The van der Waals surface area contributed by atoms with Gasteiger partial charge in [0.05, 0.1) is 4.47 Å². The molecule has 0 aliphatic carbocycles. The molecule has 3 nitrogen and oxygen atoms in total. The summed E-state index contributed by atoms with van der Waals surface area (Å²) in [7, 11) is 0. The van der Waals surface area contributed by atoms with Gasteiger partial charge in [-0.3, -0.25) is 0 Å². The number of aromatic nitrogens is 1. The number of ether oxygens (including phenoxy) is 1. The van der Waals surface area contributed by atoms with E-state index in [0.29, 0.717) is 21.7 Å². The number of rotatable bonds is 3. The van der Waals surface area contributed by atoms with E-state index < -0.39 is 5.82 Å². The van der Waals surface area contributed by atoms with Crippen LogP contribution in [0, 0.1) is 5.82 Å². The van der Waals surface area contributed by atoms with Crippen molar-refractivity contribution in [2.45, 2.75) is 0 Å². The lowest BCUT2D eigenvalue weighted by Gasteiger charge is -2.06. The molecule has 0 spiro atoms. The third-order valence-corrected chi connectivity index (χ3v) is 3.01. The summed E-state index contributed by atoms with van der Waals surface area (Å²) in [4.78, 5) is 4.25. The lowest BCUT2D eigenvalue weighted by molar-refractivity contribution is 0.457. The minimum atomic E-state index is -0.405. The zero-order valence-electron chi connectivity index (χ0n) is 9.06. The lowest BCUT2D eigenvalue weighted by Crippen LogP contribution is -2.09. The molecule has 0 saturated heterocycles. The van der Waals surface area contributed by atoms with Gasteiger partial charge in [0.2, 0.25) is 5.88 Å². The molecule has 0 saturated carbocycles. The third-order valence-electron chi connectivity index (χ3n) is 2.13. The van der Waals surface area contributed by atoms with E-state index in [-0.39, 0.29) is 4.99 Å². The van der Waals surface area contributed by atoms with Crippen molar-refractivity contribution in [3.63, 3.8) is 0 Å². The van der Waals surface area contributed by atoms with Crippen LogP contribution in [-0.2, 0) is 0 Å². The minimum absolute atomic E-state index is 0.254. The number of thiocarbonyl (C=S) groups is 1. The van der Waals surface area contributed by atoms with Crippen LogP contribution in [0.3, 0.4) is 0 Å². The zero-order valence-corrected chi connectivity index (χ0v) is 11.5. The minimum Gasteiger partial charge on any atom is -0.439 e. The highest BCUT2D eigenvalue weighted by Gasteiger charge is 2.05. The van der Waals surface area contributed by atoms with Crippen molar-refractivity contribution in [1.29, 1.82) is 0 Å². The number of pyridine rings is 1. The number of hydrogen-bond donors (Lipinski definition) is 1. The molecule has 0 radical (unpaired) electrons. The Kier molecular flexibility index (Phi) is 3.88. The number of benzene rings is 1. The van der Waals surface area contributed by atoms with Crippen molar-refractivity contribution < 1.29 is 9.13 Å². The van der Waals surface area contributed by atoms with Gasteiger partial charge in [-0.15, -0.1) is 0 Å². The topological polar surface area (TPSA) is 48.1 Å². The maximum absolute atomic E-state index is 13.3. The Labute approximate surface area is 117 Å². The molecule has 0 amide bonds. The number of nitrogens with two attached hydrogens (primary N) is 1. The molecular formula is C12H8BrFN2OS. The van der Waals surface area contributed by atoms with Gasteiger partial charge in [0.1, 0.15) is 16.6 Å². The Hall–Kier alpha value is -1.53. The Bertz CT molecular complexity index is 606. The third kappa shape index (κ3) is 3.02. The number of nitrogens with zero attached hydrogens (tertiary/aromatic N) is 1. The van der Waals surface area contributed by atoms with E-state index in [4.69, 9.17) is 22.7 Å². The molecule has 6 heteroatoms. The number of halogens is 2. The van der Waals surface area contributed by atoms with Crippen LogP contribution in [-0.4, -0.2) is 9.97 Å². The molecule has 0 fully saturated rings. The highest BCUT2D eigenvalue weighted by atomic mass is 79.9. The van der Waals surface area contributed by atoms with Crippen LogP contribution in [0.25, 0.3) is 0 Å². The molecule has 2 aromatic rings. The first-order chi connectivity index (χ1) is 8.56. The molecule has 0 unspecified atom stereocenters. The second kappa shape index (κ2) is 5.41. The summed E-state index contributed by atoms with van der Waals surface area (Å²) in [5.74, 6) is 0.253. The predicted molar refractivity (Wildman–Crippen MR) is 74.3 cm³/mol. The summed E-state index contributed by atoms with van der Waals surface area (Å²) in [6.07, 6.45) is 1.53. The molecule has 0 atom stereocenters. The van der Waals surface area contributed by atoms with E-state index in [0.717, 1.165) is 0 Å². The lowest BCUT2D eigenvalue weighted by atomic mass is 10.3. The van der Waals surface area contributed by atoms with Crippen molar-refractivity contribution in [3.05, 3.63) is 52.4 Å². The van der Waals surface area contributed by atoms with Gasteiger partial charge in [0.15, 0.2) is 0 Å². The second-order valence-electron chi connectivity index (χ2n) is 3.42. The molecule has 2 N–H and O–H groups in total. The van der Waals surface area contributed by atoms with Crippen LogP contribution in [0.15, 0.2) is 41.0 Å². The molecular weight excluding hydrogens is 319 g/mol. The van der Waals surface area contributed by atoms with Crippen LogP contribution in [0.2, 0.25) is 0 Å². The fraction of sp³-hybridized carbons (Fsp3) is 0. The van der Waals surface area contributed by atoms with E-state index in [1.165, 1.54) is 12.3 Å². The van der Waals surface area contributed by atoms with Gasteiger partial charge >= 0.3 is 0 Å². The SMILES string of the molecule is NC(=S)c1ccnc(Oc2ccc(Br)c(F)c2)c1. The van der Waals surface area contributed by atoms with E-state index in [9.17, 15) is 4.39 Å². The van der Waals surface area contributed by atoms with Crippen molar-refractivity contribution >= 4 is 33.1 Å². The Morgan fingerprint density at radius 1 is 1.33 bits per heavy atom. The summed E-state index contributed by atoms with van der Waals surface area (Å²) in [6.45, 7) is 0. The van der Waals surface area contributed by atoms with Crippen LogP contribution < -0.4 is 10.5 Å². The van der Waals surface area contributed by atoms with Crippen LogP contribution in [0.5, 0.6) is 11.6 Å². The van der Waals surface area contributed by atoms with Gasteiger partial charge in [-0.25, -0.2) is 9.37 Å². The van der Waals surface area contributed by atoms with Gasteiger partial charge in [-0.1, -0.05) is 12.2 Å². The molecule has 1 aromatic carbocycles. The summed E-state index contributed by atoms with van der Waals surface area (Å²) in [5.41, 5.74) is 6.15. The maximum atomic E-state index is 13.3. The van der Waals surface area contributed by atoms with Crippen LogP contribution in [0.1, 0.15) is 5.56 Å². The maximum Gasteiger partial charge on any atom is 0.219 e. The van der Waals surface area contributed by atoms with E-state index in [1.54, 1.807) is 24.3 Å². The van der Waals surface area contributed by atoms with Gasteiger partial charge in [0.25, 0.3) is 0 Å². The molecule has 0 aliphatic rings. The predicted octanol–water partition coefficient (Wildman–Crippen LogP) is 3.41. The highest BCUT2D eigenvalue weighted by molar-refractivity contribution is 9.10. The van der Waals surface area contributed by atoms with E-state index >= 15 is 0 Å². The van der Waals surface area contributed by atoms with Gasteiger partial charge < -0.3 is 10.5 Å². The Morgan fingerprint density at radius 3 is 2.78 bits per heavy atom. The van der Waals surface area contributed by atoms with Gasteiger partial charge in [-0.05, 0) is 34.1 Å². The monoisotopic (exact) mass is 326 g/mol. The highest BCUT2D eigenvalue weighted by Crippen LogP contribution is 2.24. The molecule has 0 bridgehead atoms. The average Bonchev–Trinajstić information content (AvgIpc) is 2.34. The standard InChI is InChI=1S/C12H8BrFN2OS/c13-9-2-1-8(6-10(9)14)17-11-5-7(12(15)18)3-4-16-11/h1-6H,(H2,15,18). The molecule has 1 heterocycles. The summed E-state index contributed by atoms with van der Waals surface area (Å²) in [5, 5.41) is 0. The molecule has 2 rings (SSSR count). The Balaban J connectivity index is 2.25. The van der Waals surface area contributed by atoms with Crippen LogP contribution >= 0.6 is 28.1 Å². The first-order valence-electron chi connectivity index (χ1n) is 4.95. The Morgan fingerprint density at radius 2 is 2.11 bits per heavy atom. The van der Waals surface area contributed by atoms with Gasteiger partial charge in [-0.2, -0.15) is 0 Å². The fourth-order valence-electron chi connectivity index (χ4n) is 1.28. The normalized spacial score (nSPS) is 10.1. The molecule has 0 aliphatic heterocycles. The zero-order chi connectivity index (χ0) is 13.1. The van der Waals surface area contributed by atoms with Crippen LogP contribution in [0.4, 0.5) is 4.39 Å². The van der Waals surface area contributed by atoms with Crippen molar-refractivity contribution in [2.75, 3.05) is 0 Å². The molecule has 1 aromatic heterocycles. The van der Waals surface area contributed by atoms with E-state index in [1.807, 2.05) is 0 Å². The van der Waals surface area contributed by atoms with Crippen molar-refractivity contribution in [1.82, 2.24) is 4.98 Å². The van der Waals surface area contributed by atoms with E-state index in [2.05, 4.69) is 20.9 Å². The largest absolute Gasteiger partial charge is 0.439 e. The molecule has 92 valence electrons. The summed E-state index contributed by atoms with van der Waals surface area (Å²) < 4.78 is 19.1. The fourth-order valence-corrected chi connectivity index (χ4v) is 1.65. The summed E-state index contributed by atoms with van der Waals surface area (Å²) >= 11 is 7.92. The van der Waals surface area contributed by atoms with Crippen molar-refractivity contribution in [2.24, 2.45) is 5.73 Å². The smallest absolute Gasteiger partial charge is 0.219 e. The van der Waals surface area contributed by atoms with Gasteiger partial charge in [0, 0.05) is 23.9 Å². The molecule has 18 heavy (non-hydrogen) atoms. The first kappa shape index (κ1) is 12.9.